The molecule has 0 spiro atoms. The van der Waals surface area contributed by atoms with Gasteiger partial charge in [0, 0.05) is 10.6 Å². The van der Waals surface area contributed by atoms with Gasteiger partial charge in [0.1, 0.15) is 12.4 Å². The van der Waals surface area contributed by atoms with Crippen LogP contribution < -0.4 is 19.5 Å². The van der Waals surface area contributed by atoms with Crippen LogP contribution in [0.15, 0.2) is 76.6 Å². The smallest absolute Gasteiger partial charge is 0.264 e. The highest BCUT2D eigenvalue weighted by Gasteiger charge is 2.24. The van der Waals surface area contributed by atoms with Gasteiger partial charge < -0.3 is 19.5 Å². The van der Waals surface area contributed by atoms with Crippen LogP contribution in [-0.4, -0.2) is 24.3 Å². The lowest BCUT2D eigenvalue weighted by molar-refractivity contribution is -0.115. The molecule has 0 aliphatic carbocycles. The molecule has 8 heteroatoms. The first-order valence-corrected chi connectivity index (χ1v) is 12.4. The maximum Gasteiger partial charge on any atom is 0.264 e. The number of aliphatic imine (C=N–C) groups is 1. The van der Waals surface area contributed by atoms with Crippen molar-refractivity contribution in [3.8, 4) is 17.2 Å². The van der Waals surface area contributed by atoms with Crippen molar-refractivity contribution in [1.82, 2.24) is 5.32 Å². The van der Waals surface area contributed by atoms with Crippen molar-refractivity contribution in [1.29, 1.82) is 0 Å². The summed E-state index contributed by atoms with van der Waals surface area (Å²) in [4.78, 5) is 17.6. The fraction of sp³-hybridized carbons (Fsp3) is 0.185. The van der Waals surface area contributed by atoms with E-state index in [1.165, 1.54) is 11.8 Å². The molecular formula is C27H25ClN2O4S. The van der Waals surface area contributed by atoms with Crippen LogP contribution in [0.5, 0.6) is 17.2 Å². The number of nitrogens with one attached hydrogen (secondary N) is 1. The molecule has 0 unspecified atom stereocenters. The molecule has 6 nitrogen and oxygen atoms in total. The van der Waals surface area contributed by atoms with Crippen LogP contribution in [0.25, 0.3) is 6.08 Å². The van der Waals surface area contributed by atoms with E-state index in [-0.39, 0.29) is 5.91 Å². The standard InChI is InChI=1S/C27H25ClN2O4S/c1-3-32-21-12-10-20(11-13-21)29-27-30-26(31)25(35-27)16-18-9-14-23(24(15-18)33-4-2)34-17-19-7-5-6-8-22(19)28/h5-16H,3-4,17H2,1-2H3,(H,29,30,31)/b25-16-. The van der Waals surface area contributed by atoms with E-state index < -0.39 is 0 Å². The van der Waals surface area contributed by atoms with E-state index in [0.717, 1.165) is 22.6 Å². The highest BCUT2D eigenvalue weighted by molar-refractivity contribution is 8.18. The van der Waals surface area contributed by atoms with Gasteiger partial charge in [0.25, 0.3) is 5.91 Å². The Labute approximate surface area is 214 Å². The summed E-state index contributed by atoms with van der Waals surface area (Å²) in [5, 5.41) is 3.99. The molecule has 1 saturated heterocycles. The number of rotatable bonds is 9. The second-order valence-electron chi connectivity index (χ2n) is 7.43. The van der Waals surface area contributed by atoms with E-state index >= 15 is 0 Å². The minimum Gasteiger partial charge on any atom is -0.494 e. The highest BCUT2D eigenvalue weighted by atomic mass is 35.5. The van der Waals surface area contributed by atoms with E-state index in [0.29, 0.717) is 46.4 Å². The Morgan fingerprint density at radius 1 is 0.943 bits per heavy atom. The molecule has 180 valence electrons. The van der Waals surface area contributed by atoms with Gasteiger partial charge in [0.15, 0.2) is 16.7 Å². The molecule has 0 saturated carbocycles. The highest BCUT2D eigenvalue weighted by Crippen LogP contribution is 2.33. The van der Waals surface area contributed by atoms with E-state index in [9.17, 15) is 4.79 Å². The topological polar surface area (TPSA) is 69.2 Å². The van der Waals surface area contributed by atoms with E-state index in [2.05, 4.69) is 10.3 Å². The summed E-state index contributed by atoms with van der Waals surface area (Å²) in [6.45, 7) is 5.26. The molecule has 1 aliphatic heterocycles. The van der Waals surface area contributed by atoms with Crippen molar-refractivity contribution in [3.05, 3.63) is 87.8 Å². The summed E-state index contributed by atoms with van der Waals surface area (Å²) in [6.07, 6.45) is 1.81. The molecule has 1 heterocycles. The molecule has 1 N–H and O–H groups in total. The number of hydrogen-bond donors (Lipinski definition) is 1. The molecule has 0 atom stereocenters. The molecule has 0 aromatic heterocycles. The Morgan fingerprint density at radius 2 is 1.71 bits per heavy atom. The SMILES string of the molecule is CCOc1ccc(N=C2NC(=O)/C(=C/c3ccc(OCc4ccccc4Cl)c(OCC)c3)S2)cc1. The largest absolute Gasteiger partial charge is 0.494 e. The molecule has 0 radical (unpaired) electrons. The van der Waals surface area contributed by atoms with Gasteiger partial charge in [-0.1, -0.05) is 35.9 Å². The first-order valence-electron chi connectivity index (χ1n) is 11.2. The molecule has 4 rings (SSSR count). The van der Waals surface area contributed by atoms with Crippen LogP contribution in [0.1, 0.15) is 25.0 Å². The maximum atomic E-state index is 12.5. The van der Waals surface area contributed by atoms with Gasteiger partial charge in [-0.25, -0.2) is 4.99 Å². The van der Waals surface area contributed by atoms with Crippen molar-refractivity contribution in [3.63, 3.8) is 0 Å². The van der Waals surface area contributed by atoms with Gasteiger partial charge in [0.2, 0.25) is 0 Å². The minimum atomic E-state index is -0.198. The second kappa shape index (κ2) is 11.8. The van der Waals surface area contributed by atoms with Crippen molar-refractivity contribution in [2.45, 2.75) is 20.5 Å². The first kappa shape index (κ1) is 24.7. The fourth-order valence-electron chi connectivity index (χ4n) is 3.31. The lowest BCUT2D eigenvalue weighted by Crippen LogP contribution is -2.19. The molecule has 0 bridgehead atoms. The lowest BCUT2D eigenvalue weighted by Gasteiger charge is -2.13. The zero-order chi connectivity index (χ0) is 24.6. The monoisotopic (exact) mass is 508 g/mol. The summed E-state index contributed by atoms with van der Waals surface area (Å²) < 4.78 is 17.2. The van der Waals surface area contributed by atoms with E-state index in [1.807, 2.05) is 80.6 Å². The number of benzene rings is 3. The number of carbonyl (C=O) groups is 1. The van der Waals surface area contributed by atoms with Crippen molar-refractivity contribution in [2.75, 3.05) is 13.2 Å². The third-order valence-corrected chi connectivity index (χ3v) is 6.21. The Kier molecular flexibility index (Phi) is 8.34. The van der Waals surface area contributed by atoms with Crippen LogP contribution in [0, 0.1) is 0 Å². The fourth-order valence-corrected chi connectivity index (χ4v) is 4.34. The number of ether oxygens (including phenoxy) is 3. The summed E-state index contributed by atoms with van der Waals surface area (Å²) in [5.74, 6) is 1.79. The lowest BCUT2D eigenvalue weighted by atomic mass is 10.2. The normalized spacial score (nSPS) is 15.3. The van der Waals surface area contributed by atoms with Crippen molar-refractivity contribution < 1.29 is 19.0 Å². The average Bonchev–Trinajstić information content (AvgIpc) is 3.19. The number of amides is 1. The number of halogens is 1. The number of thioether (sulfide) groups is 1. The number of nitrogens with zero attached hydrogens (tertiary/aromatic N) is 1. The maximum absolute atomic E-state index is 12.5. The zero-order valence-electron chi connectivity index (χ0n) is 19.4. The number of hydrogen-bond acceptors (Lipinski definition) is 6. The zero-order valence-corrected chi connectivity index (χ0v) is 21.0. The third kappa shape index (κ3) is 6.59. The van der Waals surface area contributed by atoms with Gasteiger partial charge in [-0.2, -0.15) is 0 Å². The van der Waals surface area contributed by atoms with Gasteiger partial charge in [-0.15, -0.1) is 0 Å². The van der Waals surface area contributed by atoms with Crippen LogP contribution in [0.3, 0.4) is 0 Å². The Balaban J connectivity index is 1.48. The minimum absolute atomic E-state index is 0.198. The van der Waals surface area contributed by atoms with Crippen LogP contribution in [-0.2, 0) is 11.4 Å². The van der Waals surface area contributed by atoms with Gasteiger partial charge in [-0.3, -0.25) is 4.79 Å². The van der Waals surface area contributed by atoms with Gasteiger partial charge in [-0.05, 0) is 79.7 Å². The average molecular weight is 509 g/mol. The molecule has 1 amide bonds. The second-order valence-corrected chi connectivity index (χ2v) is 8.87. The summed E-state index contributed by atoms with van der Waals surface area (Å²) in [7, 11) is 0. The molecule has 3 aromatic rings. The summed E-state index contributed by atoms with van der Waals surface area (Å²) >= 11 is 7.52. The van der Waals surface area contributed by atoms with Crippen LogP contribution in [0.2, 0.25) is 5.02 Å². The summed E-state index contributed by atoms with van der Waals surface area (Å²) in [6, 6.07) is 20.5. The van der Waals surface area contributed by atoms with Crippen molar-refractivity contribution in [2.24, 2.45) is 4.99 Å². The van der Waals surface area contributed by atoms with E-state index in [1.54, 1.807) is 6.08 Å². The Hall–Kier alpha value is -3.42. The predicted molar refractivity (Wildman–Crippen MR) is 142 cm³/mol. The Morgan fingerprint density at radius 3 is 2.46 bits per heavy atom. The van der Waals surface area contributed by atoms with Crippen LogP contribution in [0.4, 0.5) is 5.69 Å². The molecule has 35 heavy (non-hydrogen) atoms. The third-order valence-electron chi connectivity index (χ3n) is 4.94. The molecule has 1 fully saturated rings. The summed E-state index contributed by atoms with van der Waals surface area (Å²) in [5.41, 5.74) is 2.44. The molecule has 3 aromatic carbocycles. The quantitative estimate of drug-likeness (QED) is 0.329. The molecular weight excluding hydrogens is 484 g/mol. The number of carbonyl (C=O) groups excluding carboxylic acids is 1. The van der Waals surface area contributed by atoms with Crippen molar-refractivity contribution >= 4 is 46.2 Å². The molecule has 1 aliphatic rings. The first-order chi connectivity index (χ1) is 17.1. The van der Waals surface area contributed by atoms with Gasteiger partial charge in [0.05, 0.1) is 23.8 Å². The number of amidine groups is 1. The van der Waals surface area contributed by atoms with E-state index in [4.69, 9.17) is 25.8 Å². The van der Waals surface area contributed by atoms with Crippen LogP contribution >= 0.6 is 23.4 Å². The van der Waals surface area contributed by atoms with Gasteiger partial charge >= 0.3 is 0 Å². The predicted octanol–water partition coefficient (Wildman–Crippen LogP) is 6.61. The Bertz CT molecular complexity index is 1260.